The van der Waals surface area contributed by atoms with Crippen molar-refractivity contribution in [2.75, 3.05) is 31.5 Å². The van der Waals surface area contributed by atoms with Gasteiger partial charge in [0.05, 0.1) is 5.69 Å². The Hall–Kier alpha value is -2.04. The molecule has 136 valence electrons. The topological polar surface area (TPSA) is 105 Å². The predicted molar refractivity (Wildman–Crippen MR) is 94.8 cm³/mol. The molecule has 0 saturated carbocycles. The zero-order valence-corrected chi connectivity index (χ0v) is 15.3. The molecule has 0 radical (unpaired) electrons. The molecule has 0 amide bonds. The molecular formula is C15H23N7O2S. The summed E-state index contributed by atoms with van der Waals surface area (Å²) in [6.45, 7) is 5.85. The van der Waals surface area contributed by atoms with Crippen LogP contribution >= 0.6 is 0 Å². The van der Waals surface area contributed by atoms with E-state index < -0.39 is 10.2 Å². The van der Waals surface area contributed by atoms with Crippen LogP contribution in [0.3, 0.4) is 0 Å². The lowest BCUT2D eigenvalue weighted by atomic mass is 10.4. The first-order valence-electron chi connectivity index (χ1n) is 8.29. The summed E-state index contributed by atoms with van der Waals surface area (Å²) in [4.78, 5) is 12.7. The van der Waals surface area contributed by atoms with Gasteiger partial charge in [-0.15, -0.1) is 0 Å². The highest BCUT2D eigenvalue weighted by Gasteiger charge is 2.24. The van der Waals surface area contributed by atoms with Crippen molar-refractivity contribution < 1.29 is 8.42 Å². The van der Waals surface area contributed by atoms with E-state index in [2.05, 4.69) is 25.0 Å². The average molecular weight is 365 g/mol. The molecule has 0 aromatic carbocycles. The second-order valence-corrected chi connectivity index (χ2v) is 7.73. The van der Waals surface area contributed by atoms with Crippen LogP contribution in [-0.4, -0.2) is 58.4 Å². The zero-order valence-electron chi connectivity index (χ0n) is 14.4. The van der Waals surface area contributed by atoms with Crippen molar-refractivity contribution in [1.29, 1.82) is 0 Å². The standard InChI is InChI=1S/C15H23N7O2S/c1-12-13(2)22(11-19-12)15-9-14(17-10-18-15)16-5-6-20-25(23,24)21-7-3-4-8-21/h9-11,20H,3-8H2,1-2H3,(H,16,17,18). The van der Waals surface area contributed by atoms with E-state index in [1.54, 1.807) is 6.33 Å². The molecule has 1 saturated heterocycles. The van der Waals surface area contributed by atoms with Crippen molar-refractivity contribution in [2.24, 2.45) is 0 Å². The van der Waals surface area contributed by atoms with Gasteiger partial charge in [-0.2, -0.15) is 12.7 Å². The number of nitrogens with zero attached hydrogens (tertiary/aromatic N) is 5. The highest BCUT2D eigenvalue weighted by Crippen LogP contribution is 2.14. The maximum absolute atomic E-state index is 12.1. The van der Waals surface area contributed by atoms with Gasteiger partial charge in [0.2, 0.25) is 0 Å². The second kappa shape index (κ2) is 7.46. The molecular weight excluding hydrogens is 342 g/mol. The first kappa shape index (κ1) is 17.8. The molecule has 0 atom stereocenters. The molecule has 1 aliphatic rings. The molecule has 0 bridgehead atoms. The molecule has 10 heteroatoms. The summed E-state index contributed by atoms with van der Waals surface area (Å²) < 4.78 is 30.1. The fraction of sp³-hybridized carbons (Fsp3) is 0.533. The Bertz CT molecular complexity index is 828. The summed E-state index contributed by atoms with van der Waals surface area (Å²) in [6.07, 6.45) is 5.05. The third-order valence-electron chi connectivity index (χ3n) is 4.27. The number of aromatic nitrogens is 4. The van der Waals surface area contributed by atoms with Crippen molar-refractivity contribution in [1.82, 2.24) is 28.5 Å². The Morgan fingerprint density at radius 2 is 1.88 bits per heavy atom. The number of hydrogen-bond donors (Lipinski definition) is 2. The smallest absolute Gasteiger partial charge is 0.279 e. The lowest BCUT2D eigenvalue weighted by Crippen LogP contribution is -2.40. The van der Waals surface area contributed by atoms with Crippen LogP contribution in [0.4, 0.5) is 5.82 Å². The van der Waals surface area contributed by atoms with E-state index >= 15 is 0 Å². The third kappa shape index (κ3) is 4.14. The van der Waals surface area contributed by atoms with E-state index in [-0.39, 0.29) is 0 Å². The number of hydrogen-bond acceptors (Lipinski definition) is 6. The first-order chi connectivity index (χ1) is 12.0. The van der Waals surface area contributed by atoms with E-state index in [1.807, 2.05) is 24.5 Å². The van der Waals surface area contributed by atoms with Crippen molar-refractivity contribution in [3.63, 3.8) is 0 Å². The van der Waals surface area contributed by atoms with E-state index in [0.717, 1.165) is 24.2 Å². The van der Waals surface area contributed by atoms with Gasteiger partial charge < -0.3 is 5.32 Å². The molecule has 0 unspecified atom stereocenters. The van der Waals surface area contributed by atoms with Crippen molar-refractivity contribution in [3.8, 4) is 5.82 Å². The van der Waals surface area contributed by atoms with Crippen LogP contribution in [0.1, 0.15) is 24.2 Å². The lowest BCUT2D eigenvalue weighted by molar-refractivity contribution is 0.466. The van der Waals surface area contributed by atoms with E-state index in [9.17, 15) is 8.42 Å². The molecule has 9 nitrogen and oxygen atoms in total. The maximum atomic E-state index is 12.1. The van der Waals surface area contributed by atoms with E-state index in [0.29, 0.717) is 37.8 Å². The Balaban J connectivity index is 1.55. The summed E-state index contributed by atoms with van der Waals surface area (Å²) in [5, 5.41) is 3.11. The van der Waals surface area contributed by atoms with Crippen molar-refractivity contribution in [3.05, 3.63) is 30.1 Å². The van der Waals surface area contributed by atoms with E-state index in [1.165, 1.54) is 10.6 Å². The molecule has 2 aromatic heterocycles. The van der Waals surface area contributed by atoms with Crippen molar-refractivity contribution >= 4 is 16.0 Å². The summed E-state index contributed by atoms with van der Waals surface area (Å²) in [5.41, 5.74) is 1.97. The SMILES string of the molecule is Cc1ncn(-c2cc(NCCNS(=O)(=O)N3CCCC3)ncn2)c1C. The van der Waals surface area contributed by atoms with Crippen LogP contribution in [0.5, 0.6) is 0 Å². The fourth-order valence-electron chi connectivity index (χ4n) is 2.70. The fourth-order valence-corrected chi connectivity index (χ4v) is 3.98. The average Bonchev–Trinajstić information content (AvgIpc) is 3.24. The summed E-state index contributed by atoms with van der Waals surface area (Å²) in [7, 11) is -3.37. The van der Waals surface area contributed by atoms with Gasteiger partial charge in [-0.3, -0.25) is 4.57 Å². The molecule has 25 heavy (non-hydrogen) atoms. The van der Waals surface area contributed by atoms with Gasteiger partial charge in [-0.1, -0.05) is 0 Å². The van der Waals surface area contributed by atoms with Crippen LogP contribution in [0.25, 0.3) is 5.82 Å². The molecule has 1 aliphatic heterocycles. The third-order valence-corrected chi connectivity index (χ3v) is 5.89. The molecule has 3 rings (SSSR count). The minimum absolute atomic E-state index is 0.293. The largest absolute Gasteiger partial charge is 0.369 e. The Kier molecular flexibility index (Phi) is 5.30. The Labute approximate surface area is 147 Å². The minimum atomic E-state index is -3.37. The normalized spacial score (nSPS) is 15.6. The van der Waals surface area contributed by atoms with Gasteiger partial charge in [0.1, 0.15) is 24.3 Å². The van der Waals surface area contributed by atoms with Crippen molar-refractivity contribution in [2.45, 2.75) is 26.7 Å². The van der Waals surface area contributed by atoms with Crippen LogP contribution in [0.15, 0.2) is 18.7 Å². The maximum Gasteiger partial charge on any atom is 0.279 e. The number of nitrogens with one attached hydrogen (secondary N) is 2. The van der Waals surface area contributed by atoms with Gasteiger partial charge in [-0.25, -0.2) is 19.7 Å². The molecule has 3 heterocycles. The zero-order chi connectivity index (χ0) is 17.9. The molecule has 0 aliphatic carbocycles. The number of imidazole rings is 1. The van der Waals surface area contributed by atoms with E-state index in [4.69, 9.17) is 0 Å². The molecule has 2 aromatic rings. The summed E-state index contributed by atoms with van der Waals surface area (Å²) >= 11 is 0. The Morgan fingerprint density at radius 3 is 2.56 bits per heavy atom. The predicted octanol–water partition coefficient (Wildman–Crippen LogP) is 0.621. The number of aryl methyl sites for hydroxylation is 1. The van der Waals surface area contributed by atoms with Gasteiger partial charge >= 0.3 is 0 Å². The highest BCUT2D eigenvalue weighted by molar-refractivity contribution is 7.87. The van der Waals surface area contributed by atoms with Gasteiger partial charge in [0, 0.05) is 37.9 Å². The number of rotatable bonds is 7. The van der Waals surface area contributed by atoms with Gasteiger partial charge in [0.15, 0.2) is 0 Å². The molecule has 0 spiro atoms. The molecule has 1 fully saturated rings. The summed E-state index contributed by atoms with van der Waals surface area (Å²) in [5.74, 6) is 1.35. The van der Waals surface area contributed by atoms with Gasteiger partial charge in [-0.05, 0) is 26.7 Å². The lowest BCUT2D eigenvalue weighted by Gasteiger charge is -2.16. The Morgan fingerprint density at radius 1 is 1.12 bits per heavy atom. The van der Waals surface area contributed by atoms with Crippen LogP contribution in [0.2, 0.25) is 0 Å². The monoisotopic (exact) mass is 365 g/mol. The highest BCUT2D eigenvalue weighted by atomic mass is 32.2. The van der Waals surface area contributed by atoms with Crippen LogP contribution < -0.4 is 10.0 Å². The first-order valence-corrected chi connectivity index (χ1v) is 9.73. The van der Waals surface area contributed by atoms with Gasteiger partial charge in [0.25, 0.3) is 10.2 Å². The quantitative estimate of drug-likeness (QED) is 0.697. The van der Waals surface area contributed by atoms with Crippen LogP contribution in [-0.2, 0) is 10.2 Å². The second-order valence-electron chi connectivity index (χ2n) is 5.98. The summed E-state index contributed by atoms with van der Waals surface area (Å²) in [6, 6.07) is 1.81. The number of anilines is 1. The molecule has 2 N–H and O–H groups in total. The minimum Gasteiger partial charge on any atom is -0.369 e. The van der Waals surface area contributed by atoms with Crippen LogP contribution in [0, 0.1) is 13.8 Å².